The van der Waals surface area contributed by atoms with Gasteiger partial charge in [0.2, 0.25) is 0 Å². The zero-order chi connectivity index (χ0) is 21.6. The molecule has 0 amide bonds. The van der Waals surface area contributed by atoms with Crippen LogP contribution in [-0.4, -0.2) is 23.7 Å². The van der Waals surface area contributed by atoms with Gasteiger partial charge in [0.15, 0.2) is 0 Å². The molecule has 0 radical (unpaired) electrons. The summed E-state index contributed by atoms with van der Waals surface area (Å²) in [5.41, 5.74) is 0.0429. The molecule has 29 heavy (non-hydrogen) atoms. The normalized spacial score (nSPS) is 47.7. The minimum Gasteiger partial charge on any atom is -0.385 e. The van der Waals surface area contributed by atoms with Crippen molar-refractivity contribution in [1.29, 1.82) is 0 Å². The van der Waals surface area contributed by atoms with Gasteiger partial charge in [-0.2, -0.15) is 13.2 Å². The number of halogens is 3. The molecule has 5 heteroatoms. The topological polar surface area (TPSA) is 37.3 Å². The van der Waals surface area contributed by atoms with Crippen LogP contribution in [-0.2, 0) is 4.79 Å². The Balaban J connectivity index is 0.00000117. The van der Waals surface area contributed by atoms with Crippen LogP contribution in [0.4, 0.5) is 13.2 Å². The van der Waals surface area contributed by atoms with Gasteiger partial charge < -0.3 is 9.90 Å². The third kappa shape index (κ3) is 3.68. The van der Waals surface area contributed by atoms with Gasteiger partial charge in [-0.15, -0.1) is 0 Å². The second-order valence-electron chi connectivity index (χ2n) is 10.5. The molecule has 0 aromatic carbocycles. The minimum absolute atomic E-state index is 0.00780. The average molecular weight is 417 g/mol. The number of hydrogen-bond acceptors (Lipinski definition) is 2. The summed E-state index contributed by atoms with van der Waals surface area (Å²) in [6.45, 7) is 8.53. The molecule has 0 bridgehead atoms. The zero-order valence-corrected chi connectivity index (χ0v) is 18.5. The van der Waals surface area contributed by atoms with Crippen LogP contribution < -0.4 is 0 Å². The highest BCUT2D eigenvalue weighted by Gasteiger charge is 2.62. The summed E-state index contributed by atoms with van der Waals surface area (Å²) in [5, 5.41) is 10.2. The summed E-state index contributed by atoms with van der Waals surface area (Å²) < 4.78 is 39.9. The van der Waals surface area contributed by atoms with E-state index in [1.54, 1.807) is 0 Å². The number of aldehydes is 1. The monoisotopic (exact) mass is 416 g/mol. The van der Waals surface area contributed by atoms with Gasteiger partial charge in [-0.3, -0.25) is 0 Å². The lowest BCUT2D eigenvalue weighted by Gasteiger charge is -2.61. The molecule has 0 aromatic heterocycles. The van der Waals surface area contributed by atoms with E-state index in [0.717, 1.165) is 38.5 Å². The van der Waals surface area contributed by atoms with Crippen LogP contribution in [0.15, 0.2) is 0 Å². The van der Waals surface area contributed by atoms with E-state index in [0.29, 0.717) is 36.9 Å². The van der Waals surface area contributed by atoms with Crippen molar-refractivity contribution in [3.05, 3.63) is 0 Å². The van der Waals surface area contributed by atoms with E-state index in [-0.39, 0.29) is 29.1 Å². The summed E-state index contributed by atoms with van der Waals surface area (Å²) >= 11 is 0. The van der Waals surface area contributed by atoms with Crippen LogP contribution in [0.5, 0.6) is 0 Å². The van der Waals surface area contributed by atoms with Gasteiger partial charge in [0.1, 0.15) is 12.4 Å². The van der Waals surface area contributed by atoms with Crippen LogP contribution in [0.1, 0.15) is 85.5 Å². The van der Waals surface area contributed by atoms with Gasteiger partial charge in [0.05, 0.1) is 5.92 Å². The Kier molecular flexibility index (Phi) is 6.50. The van der Waals surface area contributed by atoms with Crippen molar-refractivity contribution in [3.8, 4) is 0 Å². The number of rotatable bonds is 2. The lowest BCUT2D eigenvalue weighted by atomic mass is 9.44. The van der Waals surface area contributed by atoms with Gasteiger partial charge >= 0.3 is 6.18 Å². The first-order valence-electron chi connectivity index (χ1n) is 11.8. The van der Waals surface area contributed by atoms with Crippen molar-refractivity contribution in [3.63, 3.8) is 0 Å². The fraction of sp³-hybridized carbons (Fsp3) is 0.958. The van der Waals surface area contributed by atoms with Crippen molar-refractivity contribution < 1.29 is 23.1 Å². The maximum atomic E-state index is 13.3. The molecular formula is C24H39F3O2. The smallest absolute Gasteiger partial charge is 0.385 e. The van der Waals surface area contributed by atoms with Crippen molar-refractivity contribution in [2.45, 2.75) is 97.8 Å². The first kappa shape index (κ1) is 23.1. The molecule has 4 fully saturated rings. The first-order chi connectivity index (χ1) is 13.6. The molecule has 4 saturated carbocycles. The van der Waals surface area contributed by atoms with Gasteiger partial charge in [-0.1, -0.05) is 27.7 Å². The Hall–Kier alpha value is -0.580. The molecule has 8 unspecified atom stereocenters. The number of carbonyl (C=O) groups excluding carboxylic acids is 1. The average Bonchev–Trinajstić information content (AvgIpc) is 3.04. The van der Waals surface area contributed by atoms with E-state index in [9.17, 15) is 23.1 Å². The predicted molar refractivity (Wildman–Crippen MR) is 108 cm³/mol. The van der Waals surface area contributed by atoms with Crippen LogP contribution in [0.25, 0.3) is 0 Å². The molecule has 168 valence electrons. The predicted octanol–water partition coefficient (Wildman–Crippen LogP) is 6.41. The molecule has 9 atom stereocenters. The Labute approximate surface area is 174 Å². The third-order valence-electron chi connectivity index (χ3n) is 9.75. The molecule has 0 aromatic rings. The maximum Gasteiger partial charge on any atom is 0.391 e. The summed E-state index contributed by atoms with van der Waals surface area (Å²) in [5.74, 6) is 0.703. The quantitative estimate of drug-likeness (QED) is 0.528. The number of aliphatic hydroxyl groups is 1. The fourth-order valence-electron chi connectivity index (χ4n) is 8.25. The number of aliphatic hydroxyl groups excluding tert-OH is 1. The molecule has 0 spiro atoms. The van der Waals surface area contributed by atoms with E-state index in [2.05, 4.69) is 13.8 Å². The summed E-state index contributed by atoms with van der Waals surface area (Å²) in [7, 11) is 0. The second-order valence-corrected chi connectivity index (χ2v) is 10.5. The zero-order valence-electron chi connectivity index (χ0n) is 18.5. The molecular weight excluding hydrogens is 377 g/mol. The van der Waals surface area contributed by atoms with Crippen molar-refractivity contribution in [2.75, 3.05) is 0 Å². The minimum atomic E-state index is -4.05. The molecule has 1 N–H and O–H groups in total. The molecule has 4 rings (SSSR count). The molecule has 0 aliphatic heterocycles. The lowest BCUT2D eigenvalue weighted by molar-refractivity contribution is -0.208. The summed E-state index contributed by atoms with van der Waals surface area (Å²) in [4.78, 5) is 11.2. The highest BCUT2D eigenvalue weighted by Crippen LogP contribution is 2.68. The van der Waals surface area contributed by atoms with Gasteiger partial charge in [0.25, 0.3) is 0 Å². The van der Waals surface area contributed by atoms with E-state index >= 15 is 0 Å². The van der Waals surface area contributed by atoms with Gasteiger partial charge in [0, 0.05) is 0 Å². The molecule has 4 aliphatic rings. The highest BCUT2D eigenvalue weighted by atomic mass is 19.4. The van der Waals surface area contributed by atoms with Crippen LogP contribution in [0.3, 0.4) is 0 Å². The first-order valence-corrected chi connectivity index (χ1v) is 11.8. The van der Waals surface area contributed by atoms with Crippen LogP contribution in [0.2, 0.25) is 0 Å². The maximum absolute atomic E-state index is 13.3. The largest absolute Gasteiger partial charge is 0.391 e. The molecule has 2 nitrogen and oxygen atoms in total. The Morgan fingerprint density at radius 1 is 0.931 bits per heavy atom. The highest BCUT2D eigenvalue weighted by molar-refractivity contribution is 5.56. The second kappa shape index (κ2) is 8.16. The van der Waals surface area contributed by atoms with Crippen LogP contribution >= 0.6 is 0 Å². The van der Waals surface area contributed by atoms with Crippen molar-refractivity contribution >= 4 is 6.29 Å². The molecule has 4 aliphatic carbocycles. The van der Waals surface area contributed by atoms with E-state index in [1.165, 1.54) is 0 Å². The Morgan fingerprint density at radius 3 is 2.17 bits per heavy atom. The molecule has 0 saturated heterocycles. The Morgan fingerprint density at radius 2 is 1.55 bits per heavy atom. The summed E-state index contributed by atoms with van der Waals surface area (Å²) in [6, 6.07) is 0. The number of alkyl halides is 3. The number of hydrogen-bond donors (Lipinski definition) is 1. The van der Waals surface area contributed by atoms with Gasteiger partial charge in [-0.05, 0) is 98.2 Å². The van der Waals surface area contributed by atoms with Crippen LogP contribution in [0, 0.1) is 46.3 Å². The summed E-state index contributed by atoms with van der Waals surface area (Å²) in [6.07, 6.45) is 3.03. The van der Waals surface area contributed by atoms with E-state index < -0.39 is 18.2 Å². The lowest BCUT2D eigenvalue weighted by Crippen LogP contribution is -2.54. The standard InChI is InChI=1S/C22H33F3O2.C2H6/c1-20-9-7-14(22(23,24)25)11-13(20)3-4-15-16-5-6-18(19(27)12-26)21(16,2)10-8-17(15)20;1-2/h12-19,27H,3-11H2,1-2H3;1-2H3/t13?,14?,15-,16?,17?,18?,19?,20?,21?;/m0./s1. The van der Waals surface area contributed by atoms with Crippen molar-refractivity contribution in [2.24, 2.45) is 46.3 Å². The molecule has 0 heterocycles. The Bertz CT molecular complexity index is 591. The number of fused-ring (bicyclic) bond motifs is 5. The van der Waals surface area contributed by atoms with E-state index in [4.69, 9.17) is 0 Å². The van der Waals surface area contributed by atoms with Crippen molar-refractivity contribution in [1.82, 2.24) is 0 Å². The fourth-order valence-corrected chi connectivity index (χ4v) is 8.25. The van der Waals surface area contributed by atoms with Gasteiger partial charge in [-0.25, -0.2) is 0 Å². The third-order valence-corrected chi connectivity index (χ3v) is 9.75. The number of carbonyl (C=O) groups is 1. The SMILES string of the molecule is CC.CC12CCC(C(F)(F)F)CC1CC[C@@H]1C2CCC2(C)C(C(O)C=O)CCC12. The van der Waals surface area contributed by atoms with E-state index in [1.807, 2.05) is 13.8 Å².